The summed E-state index contributed by atoms with van der Waals surface area (Å²) in [5, 5.41) is 0. The van der Waals surface area contributed by atoms with Crippen LogP contribution in [0.15, 0.2) is 55.0 Å². The van der Waals surface area contributed by atoms with Gasteiger partial charge in [-0.1, -0.05) is 53.7 Å². The van der Waals surface area contributed by atoms with Crippen LogP contribution in [0.5, 0.6) is 0 Å². The Balaban J connectivity index is 0.000000152. The zero-order chi connectivity index (χ0) is 22.4. The Kier molecular flexibility index (Phi) is 5.47. The van der Waals surface area contributed by atoms with Gasteiger partial charge in [0.1, 0.15) is 0 Å². The lowest BCUT2D eigenvalue weighted by Gasteiger charge is -2.28. The van der Waals surface area contributed by atoms with Gasteiger partial charge in [-0.25, -0.2) is 4.98 Å². The molecule has 0 amide bonds. The molecule has 4 aromatic rings. The maximum absolute atomic E-state index is 5.26. The molecule has 0 bridgehead atoms. The summed E-state index contributed by atoms with van der Waals surface area (Å²) in [6, 6.07) is 15.7. The number of rotatable bonds is 1. The summed E-state index contributed by atoms with van der Waals surface area (Å²) < 4.78 is 9.75. The van der Waals surface area contributed by atoms with Gasteiger partial charge in [-0.05, 0) is 59.2 Å². The third kappa shape index (κ3) is 4.40. The first-order chi connectivity index (χ1) is 14.5. The van der Waals surface area contributed by atoms with E-state index in [2.05, 4.69) is 111 Å². The van der Waals surface area contributed by atoms with E-state index >= 15 is 0 Å². The first-order valence-electron chi connectivity index (χ1n) is 11.2. The highest BCUT2D eigenvalue weighted by Gasteiger charge is 2.23. The third-order valence-corrected chi connectivity index (χ3v) is 6.18. The molecule has 1 aliphatic heterocycles. The van der Waals surface area contributed by atoms with Crippen molar-refractivity contribution in [3.8, 4) is 0 Å². The van der Waals surface area contributed by atoms with Gasteiger partial charge in [0.2, 0.25) is 0 Å². The standard InChI is InChI=1S/C14H18N2O.C13H17N/c1-14(2,3)10-4-5-12-13(6-10)16(9-15-12)11-7-17-8-11;1-10-5-7-12-8-6-11(9-14(10)12)13(2,3)4/h4-6,9,11H,7-8H2,1-3H3;5-9H,1-4H3. The van der Waals surface area contributed by atoms with E-state index in [1.165, 1.54) is 27.9 Å². The smallest absolute Gasteiger partial charge is 0.0962 e. The van der Waals surface area contributed by atoms with Gasteiger partial charge in [-0.15, -0.1) is 0 Å². The fourth-order valence-electron chi connectivity index (χ4n) is 3.85. The molecule has 31 heavy (non-hydrogen) atoms. The lowest BCUT2D eigenvalue weighted by atomic mass is 9.87. The van der Waals surface area contributed by atoms with Crippen LogP contribution in [0.1, 0.15) is 64.4 Å². The largest absolute Gasteiger partial charge is 0.377 e. The van der Waals surface area contributed by atoms with Crippen molar-refractivity contribution in [2.24, 2.45) is 0 Å². The van der Waals surface area contributed by atoms with Crippen molar-refractivity contribution in [1.82, 2.24) is 14.0 Å². The summed E-state index contributed by atoms with van der Waals surface area (Å²) in [4.78, 5) is 4.45. The molecule has 4 heterocycles. The average molecular weight is 418 g/mol. The van der Waals surface area contributed by atoms with Gasteiger partial charge in [0.05, 0.1) is 36.6 Å². The number of hydrogen-bond donors (Lipinski definition) is 0. The summed E-state index contributed by atoms with van der Waals surface area (Å²) in [5.74, 6) is 0. The number of nitrogens with zero attached hydrogens (tertiary/aromatic N) is 3. The second kappa shape index (κ2) is 7.83. The van der Waals surface area contributed by atoms with Crippen molar-refractivity contribution in [3.05, 3.63) is 71.8 Å². The van der Waals surface area contributed by atoms with Crippen molar-refractivity contribution in [3.63, 3.8) is 0 Å². The van der Waals surface area contributed by atoms with E-state index in [1.54, 1.807) is 0 Å². The molecule has 0 N–H and O–H groups in total. The molecule has 0 radical (unpaired) electrons. The van der Waals surface area contributed by atoms with Crippen molar-refractivity contribution in [2.45, 2.75) is 65.3 Å². The molecule has 0 aliphatic carbocycles. The normalized spacial score (nSPS) is 15.1. The minimum Gasteiger partial charge on any atom is -0.377 e. The summed E-state index contributed by atoms with van der Waals surface area (Å²) >= 11 is 0. The van der Waals surface area contributed by atoms with E-state index in [9.17, 15) is 0 Å². The molecule has 0 unspecified atom stereocenters. The van der Waals surface area contributed by atoms with Gasteiger partial charge in [-0.2, -0.15) is 0 Å². The van der Waals surface area contributed by atoms with E-state index in [0.29, 0.717) is 6.04 Å². The maximum atomic E-state index is 5.26. The van der Waals surface area contributed by atoms with Crippen LogP contribution in [-0.2, 0) is 15.6 Å². The number of pyridine rings is 1. The van der Waals surface area contributed by atoms with Crippen LogP contribution in [-0.4, -0.2) is 27.2 Å². The third-order valence-electron chi connectivity index (χ3n) is 6.18. The highest BCUT2D eigenvalue weighted by Crippen LogP contribution is 2.28. The molecule has 0 atom stereocenters. The molecule has 1 saturated heterocycles. The quantitative estimate of drug-likeness (QED) is 0.356. The van der Waals surface area contributed by atoms with Crippen LogP contribution in [0.25, 0.3) is 16.6 Å². The predicted molar refractivity (Wildman–Crippen MR) is 129 cm³/mol. The zero-order valence-corrected chi connectivity index (χ0v) is 19.9. The predicted octanol–water partition coefficient (Wildman–Crippen LogP) is 6.45. The van der Waals surface area contributed by atoms with Crippen LogP contribution in [0.4, 0.5) is 0 Å². The Hall–Kier alpha value is -2.59. The van der Waals surface area contributed by atoms with E-state index in [0.717, 1.165) is 18.7 Å². The fraction of sp³-hybridized carbons (Fsp3) is 0.444. The molecule has 4 heteroatoms. The van der Waals surface area contributed by atoms with Crippen molar-refractivity contribution in [2.75, 3.05) is 13.2 Å². The van der Waals surface area contributed by atoms with Crippen LogP contribution in [0.3, 0.4) is 0 Å². The Morgan fingerprint density at radius 1 is 0.871 bits per heavy atom. The van der Waals surface area contributed by atoms with E-state index in [4.69, 9.17) is 4.74 Å². The number of aromatic nitrogens is 3. The molecule has 1 fully saturated rings. The zero-order valence-electron chi connectivity index (χ0n) is 19.9. The molecule has 4 nitrogen and oxygen atoms in total. The monoisotopic (exact) mass is 417 g/mol. The topological polar surface area (TPSA) is 31.5 Å². The first kappa shape index (κ1) is 21.6. The lowest BCUT2D eigenvalue weighted by molar-refractivity contribution is -0.0216. The van der Waals surface area contributed by atoms with Crippen LogP contribution < -0.4 is 0 Å². The van der Waals surface area contributed by atoms with Gasteiger partial charge in [0.25, 0.3) is 0 Å². The molecular weight excluding hydrogens is 382 g/mol. The minimum absolute atomic E-state index is 0.180. The van der Waals surface area contributed by atoms with Gasteiger partial charge < -0.3 is 13.7 Å². The number of ether oxygens (including phenoxy) is 1. The maximum Gasteiger partial charge on any atom is 0.0962 e. The van der Waals surface area contributed by atoms with Crippen LogP contribution in [0, 0.1) is 6.92 Å². The van der Waals surface area contributed by atoms with E-state index in [1.807, 2.05) is 6.33 Å². The van der Waals surface area contributed by atoms with Gasteiger partial charge in [0, 0.05) is 17.4 Å². The highest BCUT2D eigenvalue weighted by molar-refractivity contribution is 5.76. The summed E-state index contributed by atoms with van der Waals surface area (Å²) in [6.07, 6.45) is 4.18. The average Bonchev–Trinajstić information content (AvgIpc) is 3.23. The lowest BCUT2D eigenvalue weighted by Crippen LogP contribution is -2.30. The van der Waals surface area contributed by atoms with E-state index in [-0.39, 0.29) is 10.8 Å². The minimum atomic E-state index is 0.180. The van der Waals surface area contributed by atoms with Crippen molar-refractivity contribution in [1.29, 1.82) is 0 Å². The Bertz CT molecular complexity index is 1200. The Labute approximate surface area is 185 Å². The first-order valence-corrected chi connectivity index (χ1v) is 11.2. The second-order valence-electron chi connectivity index (χ2n) is 10.7. The molecular formula is C27H35N3O. The number of hydrogen-bond acceptors (Lipinski definition) is 2. The van der Waals surface area contributed by atoms with Crippen molar-refractivity contribution >= 4 is 16.6 Å². The highest BCUT2D eigenvalue weighted by atomic mass is 16.5. The molecule has 1 aliphatic rings. The number of fused-ring (bicyclic) bond motifs is 2. The number of benzene rings is 1. The Morgan fingerprint density at radius 3 is 2.13 bits per heavy atom. The molecule has 0 saturated carbocycles. The SMILES string of the molecule is CC(C)(C)c1ccc2ncn(C3COC3)c2c1.Cc1ccc2ccc(C(C)(C)C)cn12. The molecule has 5 rings (SSSR count). The van der Waals surface area contributed by atoms with Crippen LogP contribution >= 0.6 is 0 Å². The van der Waals surface area contributed by atoms with Crippen molar-refractivity contribution < 1.29 is 4.74 Å². The van der Waals surface area contributed by atoms with Crippen LogP contribution in [0.2, 0.25) is 0 Å². The number of aryl methyl sites for hydroxylation is 1. The molecule has 0 spiro atoms. The summed E-state index contributed by atoms with van der Waals surface area (Å²) in [5.41, 5.74) is 8.01. The number of imidazole rings is 1. The Morgan fingerprint density at radius 2 is 1.52 bits per heavy atom. The summed E-state index contributed by atoms with van der Waals surface area (Å²) in [7, 11) is 0. The molecule has 3 aromatic heterocycles. The molecule has 164 valence electrons. The summed E-state index contributed by atoms with van der Waals surface area (Å²) in [6.45, 7) is 17.2. The van der Waals surface area contributed by atoms with Gasteiger partial charge in [0.15, 0.2) is 0 Å². The van der Waals surface area contributed by atoms with Gasteiger partial charge in [-0.3, -0.25) is 0 Å². The molecule has 1 aromatic carbocycles. The second-order valence-corrected chi connectivity index (χ2v) is 10.7. The van der Waals surface area contributed by atoms with E-state index < -0.39 is 0 Å². The van der Waals surface area contributed by atoms with Gasteiger partial charge >= 0.3 is 0 Å². The fourth-order valence-corrected chi connectivity index (χ4v) is 3.85.